The Hall–Kier alpha value is -2.95. The number of rotatable bonds is 3. The van der Waals surface area contributed by atoms with E-state index in [0.29, 0.717) is 17.0 Å². The van der Waals surface area contributed by atoms with Crippen molar-refractivity contribution in [2.75, 3.05) is 0 Å². The van der Waals surface area contributed by atoms with Gasteiger partial charge in [0.25, 0.3) is 0 Å². The van der Waals surface area contributed by atoms with Crippen LogP contribution >= 0.6 is 0 Å². The van der Waals surface area contributed by atoms with E-state index in [0.717, 1.165) is 11.6 Å². The minimum absolute atomic E-state index is 0.329. The lowest BCUT2D eigenvalue weighted by atomic mass is 10.1. The van der Waals surface area contributed by atoms with Gasteiger partial charge in [-0.2, -0.15) is 0 Å². The zero-order chi connectivity index (χ0) is 14.8. The minimum atomic E-state index is -1.04. The Morgan fingerprint density at radius 1 is 1.19 bits per heavy atom. The highest BCUT2D eigenvalue weighted by molar-refractivity contribution is 5.87. The summed E-state index contributed by atoms with van der Waals surface area (Å²) in [6.45, 7) is 0. The Balaban J connectivity index is 2.23. The van der Waals surface area contributed by atoms with E-state index in [1.807, 2.05) is 18.2 Å². The van der Waals surface area contributed by atoms with Gasteiger partial charge in [-0.15, -0.1) is 0 Å². The number of hydrogen-bond donors (Lipinski definition) is 1. The maximum atomic E-state index is 13.0. The number of aromatic nitrogens is 2. The first-order valence-corrected chi connectivity index (χ1v) is 6.29. The highest BCUT2D eigenvalue weighted by atomic mass is 19.1. The molecule has 0 radical (unpaired) electrons. The van der Waals surface area contributed by atoms with E-state index in [4.69, 9.17) is 5.11 Å². The van der Waals surface area contributed by atoms with E-state index in [2.05, 4.69) is 4.98 Å². The molecule has 21 heavy (non-hydrogen) atoms. The normalized spacial score (nSPS) is 11.3. The van der Waals surface area contributed by atoms with Crippen LogP contribution in [0.15, 0.2) is 54.7 Å². The number of benzene rings is 1. The van der Waals surface area contributed by atoms with Crippen LogP contribution in [0.2, 0.25) is 0 Å². The topological polar surface area (TPSA) is 54.6 Å². The highest BCUT2D eigenvalue weighted by Crippen LogP contribution is 2.25. The second kappa shape index (κ2) is 5.20. The molecule has 1 N–H and O–H groups in total. The fourth-order valence-corrected chi connectivity index (χ4v) is 2.14. The van der Waals surface area contributed by atoms with Gasteiger partial charge in [0.05, 0.1) is 11.4 Å². The molecule has 0 aliphatic heterocycles. The van der Waals surface area contributed by atoms with E-state index in [1.165, 1.54) is 18.2 Å². The molecule has 0 aliphatic carbocycles. The van der Waals surface area contributed by atoms with Crippen molar-refractivity contribution < 1.29 is 14.3 Å². The van der Waals surface area contributed by atoms with E-state index in [1.54, 1.807) is 22.7 Å². The number of hydrogen-bond acceptors (Lipinski definition) is 2. The van der Waals surface area contributed by atoms with Crippen molar-refractivity contribution >= 4 is 17.7 Å². The number of imidazole rings is 1. The summed E-state index contributed by atoms with van der Waals surface area (Å²) >= 11 is 0. The van der Waals surface area contributed by atoms with Crippen LogP contribution < -0.4 is 0 Å². The first-order chi connectivity index (χ1) is 10.1. The fraction of sp³-hybridized carbons (Fsp3) is 0. The van der Waals surface area contributed by atoms with Crippen LogP contribution in [0.1, 0.15) is 5.69 Å². The van der Waals surface area contributed by atoms with E-state index in [9.17, 15) is 9.18 Å². The Morgan fingerprint density at radius 2 is 1.95 bits per heavy atom. The number of carboxylic acid groups (broad SMARTS) is 1. The van der Waals surface area contributed by atoms with Gasteiger partial charge in [-0.1, -0.05) is 6.07 Å². The predicted octanol–water partition coefficient (Wildman–Crippen LogP) is 3.24. The summed E-state index contributed by atoms with van der Waals surface area (Å²) in [7, 11) is 0. The van der Waals surface area contributed by atoms with Gasteiger partial charge in [0.2, 0.25) is 0 Å². The number of carbonyl (C=O) groups is 1. The lowest BCUT2D eigenvalue weighted by Crippen LogP contribution is -1.90. The van der Waals surface area contributed by atoms with Gasteiger partial charge in [0.1, 0.15) is 11.5 Å². The van der Waals surface area contributed by atoms with Crippen LogP contribution in [0, 0.1) is 5.82 Å². The predicted molar refractivity (Wildman–Crippen MR) is 77.3 cm³/mol. The van der Waals surface area contributed by atoms with Crippen molar-refractivity contribution in [2.45, 2.75) is 0 Å². The Labute approximate surface area is 119 Å². The number of carboxylic acids is 1. The van der Waals surface area contributed by atoms with Crippen LogP contribution in [0.4, 0.5) is 4.39 Å². The lowest BCUT2D eigenvalue weighted by molar-refractivity contribution is -0.131. The molecule has 2 aromatic heterocycles. The molecule has 5 heteroatoms. The monoisotopic (exact) mass is 282 g/mol. The molecule has 2 heterocycles. The van der Waals surface area contributed by atoms with Gasteiger partial charge in [0.15, 0.2) is 0 Å². The van der Waals surface area contributed by atoms with Crippen molar-refractivity contribution in [2.24, 2.45) is 0 Å². The molecule has 0 spiro atoms. The largest absolute Gasteiger partial charge is 0.478 e. The third kappa shape index (κ3) is 2.53. The Kier molecular flexibility index (Phi) is 3.23. The van der Waals surface area contributed by atoms with E-state index < -0.39 is 5.97 Å². The van der Waals surface area contributed by atoms with E-state index >= 15 is 0 Å². The number of fused-ring (bicyclic) bond motifs is 1. The summed E-state index contributed by atoms with van der Waals surface area (Å²) in [4.78, 5) is 15.2. The average Bonchev–Trinajstić information content (AvgIpc) is 2.84. The summed E-state index contributed by atoms with van der Waals surface area (Å²) < 4.78 is 14.8. The summed E-state index contributed by atoms with van der Waals surface area (Å²) in [6, 6.07) is 11.5. The first-order valence-electron chi connectivity index (χ1n) is 6.29. The maximum Gasteiger partial charge on any atom is 0.328 e. The minimum Gasteiger partial charge on any atom is -0.478 e. The molecule has 0 saturated carbocycles. The van der Waals surface area contributed by atoms with Crippen LogP contribution in [0.3, 0.4) is 0 Å². The van der Waals surface area contributed by atoms with Crippen LogP contribution in [0.25, 0.3) is 23.0 Å². The molecule has 0 aliphatic rings. The third-order valence-electron chi connectivity index (χ3n) is 3.07. The van der Waals surface area contributed by atoms with Gasteiger partial charge in [-0.05, 0) is 42.5 Å². The third-order valence-corrected chi connectivity index (χ3v) is 3.07. The standard InChI is InChI=1S/C16H11FN2O2/c17-12-6-4-11(5-7-12)16-13(8-9-15(20)21)19-10-2-1-3-14(19)18-16/h1-10H,(H,20,21)/b9-8+. The van der Waals surface area contributed by atoms with Crippen molar-refractivity contribution in [1.82, 2.24) is 9.38 Å². The van der Waals surface area contributed by atoms with E-state index in [-0.39, 0.29) is 5.82 Å². The van der Waals surface area contributed by atoms with Gasteiger partial charge in [0, 0.05) is 17.8 Å². The van der Waals surface area contributed by atoms with Crippen molar-refractivity contribution in [3.05, 3.63) is 66.2 Å². The Morgan fingerprint density at radius 3 is 2.67 bits per heavy atom. The molecule has 0 atom stereocenters. The smallest absolute Gasteiger partial charge is 0.328 e. The molecule has 0 unspecified atom stereocenters. The number of halogens is 1. The fourth-order valence-electron chi connectivity index (χ4n) is 2.14. The van der Waals surface area contributed by atoms with Gasteiger partial charge in [-0.3, -0.25) is 4.40 Å². The molecule has 3 aromatic rings. The summed E-state index contributed by atoms with van der Waals surface area (Å²) in [5, 5.41) is 8.82. The molecule has 4 nitrogen and oxygen atoms in total. The number of nitrogens with zero attached hydrogens (tertiary/aromatic N) is 2. The maximum absolute atomic E-state index is 13.0. The first kappa shape index (κ1) is 13.1. The number of aliphatic carboxylic acids is 1. The molecule has 0 bridgehead atoms. The van der Waals surface area contributed by atoms with Crippen molar-refractivity contribution in [3.63, 3.8) is 0 Å². The van der Waals surface area contributed by atoms with Crippen LogP contribution in [-0.2, 0) is 4.79 Å². The quantitative estimate of drug-likeness (QED) is 0.750. The summed E-state index contributed by atoms with van der Waals surface area (Å²) in [6.07, 6.45) is 4.35. The van der Waals surface area contributed by atoms with Gasteiger partial charge in [-0.25, -0.2) is 14.2 Å². The molecule has 3 rings (SSSR count). The molecule has 0 fully saturated rings. The molecule has 104 valence electrons. The highest BCUT2D eigenvalue weighted by Gasteiger charge is 2.11. The number of pyridine rings is 1. The SMILES string of the molecule is O=C(O)/C=C/c1c(-c2ccc(F)cc2)nc2ccccn12. The molecule has 0 saturated heterocycles. The zero-order valence-electron chi connectivity index (χ0n) is 10.9. The Bertz CT molecular complexity index is 835. The van der Waals surface area contributed by atoms with Crippen molar-refractivity contribution in [1.29, 1.82) is 0 Å². The summed E-state index contributed by atoms with van der Waals surface area (Å²) in [5.74, 6) is -1.36. The van der Waals surface area contributed by atoms with Crippen LogP contribution in [0.5, 0.6) is 0 Å². The second-order valence-electron chi connectivity index (χ2n) is 4.45. The summed E-state index contributed by atoms with van der Waals surface area (Å²) in [5.41, 5.74) is 2.67. The zero-order valence-corrected chi connectivity index (χ0v) is 10.9. The molecule has 1 aromatic carbocycles. The molecule has 0 amide bonds. The molecular formula is C16H11FN2O2. The average molecular weight is 282 g/mol. The molecular weight excluding hydrogens is 271 g/mol. The van der Waals surface area contributed by atoms with Gasteiger partial charge < -0.3 is 5.11 Å². The second-order valence-corrected chi connectivity index (χ2v) is 4.45. The lowest BCUT2D eigenvalue weighted by Gasteiger charge is -2.00. The van der Waals surface area contributed by atoms with Gasteiger partial charge >= 0.3 is 5.97 Å². The van der Waals surface area contributed by atoms with Crippen LogP contribution in [-0.4, -0.2) is 20.5 Å². The van der Waals surface area contributed by atoms with Crippen molar-refractivity contribution in [3.8, 4) is 11.3 Å².